The molecule has 78 valence electrons. The van der Waals surface area contributed by atoms with Crippen molar-refractivity contribution >= 4 is 11.7 Å². The Morgan fingerprint density at radius 2 is 2.27 bits per heavy atom. The van der Waals surface area contributed by atoms with E-state index < -0.39 is 5.97 Å². The van der Waals surface area contributed by atoms with E-state index in [1.165, 1.54) is 13.1 Å². The first-order chi connectivity index (χ1) is 7.11. The van der Waals surface area contributed by atoms with Crippen LogP contribution in [0.2, 0.25) is 0 Å². The molecule has 1 rings (SSSR count). The van der Waals surface area contributed by atoms with E-state index in [0.717, 1.165) is 11.3 Å². The van der Waals surface area contributed by atoms with Gasteiger partial charge in [0.05, 0.1) is 5.57 Å². The van der Waals surface area contributed by atoms with Gasteiger partial charge in [0.2, 0.25) is 0 Å². The minimum absolute atomic E-state index is 0.207. The van der Waals surface area contributed by atoms with Crippen molar-refractivity contribution in [1.29, 1.82) is 0 Å². The zero-order valence-electron chi connectivity index (χ0n) is 8.64. The topological polar surface area (TPSA) is 62.5 Å². The summed E-state index contributed by atoms with van der Waals surface area (Å²) in [5.41, 5.74) is 1.83. The van der Waals surface area contributed by atoms with Crippen LogP contribution >= 0.6 is 0 Å². The van der Waals surface area contributed by atoms with E-state index in [0.29, 0.717) is 0 Å². The van der Waals surface area contributed by atoms with Gasteiger partial charge in [-0.2, -0.15) is 0 Å². The molecule has 0 aliphatic carbocycles. The van der Waals surface area contributed by atoms with Gasteiger partial charge in [0, 0.05) is 29.9 Å². The number of aromatic nitrogens is 1. The van der Waals surface area contributed by atoms with E-state index in [1.54, 1.807) is 12.4 Å². The third-order valence-electron chi connectivity index (χ3n) is 1.87. The molecule has 0 radical (unpaired) electrons. The second-order valence-electron chi connectivity index (χ2n) is 3.07. The quantitative estimate of drug-likeness (QED) is 0.604. The Bertz CT molecular complexity index is 408. The molecule has 0 spiro atoms. The summed E-state index contributed by atoms with van der Waals surface area (Å²) >= 11 is 0. The number of rotatable bonds is 3. The van der Waals surface area contributed by atoms with E-state index in [1.807, 2.05) is 19.1 Å². The van der Waals surface area contributed by atoms with Crippen molar-refractivity contribution in [1.82, 2.24) is 4.98 Å². The van der Waals surface area contributed by atoms with Gasteiger partial charge < -0.3 is 5.11 Å². The van der Waals surface area contributed by atoms with Gasteiger partial charge in [-0.1, -0.05) is 6.07 Å². The van der Waals surface area contributed by atoms with E-state index in [9.17, 15) is 4.79 Å². The van der Waals surface area contributed by atoms with Crippen molar-refractivity contribution in [3.8, 4) is 0 Å². The van der Waals surface area contributed by atoms with Crippen LogP contribution in [0.4, 0.5) is 0 Å². The van der Waals surface area contributed by atoms with Gasteiger partial charge in [-0.25, -0.2) is 4.79 Å². The van der Waals surface area contributed by atoms with Crippen molar-refractivity contribution in [2.24, 2.45) is 4.99 Å². The molecule has 0 aromatic carbocycles. The lowest BCUT2D eigenvalue weighted by Crippen LogP contribution is -1.97. The Labute approximate surface area is 88.0 Å². The normalized spacial score (nSPS) is 12.7. The average molecular weight is 204 g/mol. The lowest BCUT2D eigenvalue weighted by Gasteiger charge is -1.97. The monoisotopic (exact) mass is 204 g/mol. The summed E-state index contributed by atoms with van der Waals surface area (Å²) in [6, 6.07) is 3.68. The second-order valence-corrected chi connectivity index (χ2v) is 3.07. The van der Waals surface area contributed by atoms with Gasteiger partial charge >= 0.3 is 5.97 Å². The third-order valence-corrected chi connectivity index (χ3v) is 1.87. The number of hydrogen-bond donors (Lipinski definition) is 1. The molecule has 0 bridgehead atoms. The predicted octanol–water partition coefficient (Wildman–Crippen LogP) is 1.88. The molecule has 1 aromatic heterocycles. The van der Waals surface area contributed by atoms with Crippen LogP contribution in [0.3, 0.4) is 0 Å². The standard InChI is InChI=1S/C11H12N2O2/c1-8(11(14)15)6-13-9(2)10-4-3-5-12-7-10/h3-7H,1-2H3,(H,14,15)/b8-6+,13-9+. The van der Waals surface area contributed by atoms with Crippen molar-refractivity contribution < 1.29 is 9.90 Å². The molecular formula is C11H12N2O2. The maximum Gasteiger partial charge on any atom is 0.332 e. The smallest absolute Gasteiger partial charge is 0.332 e. The van der Waals surface area contributed by atoms with Gasteiger partial charge in [0.1, 0.15) is 0 Å². The number of aliphatic imine (C=N–C) groups is 1. The third kappa shape index (κ3) is 3.34. The van der Waals surface area contributed by atoms with Crippen LogP contribution in [0.5, 0.6) is 0 Å². The molecule has 1 aromatic rings. The minimum Gasteiger partial charge on any atom is -0.478 e. The van der Waals surface area contributed by atoms with Crippen LogP contribution in [0.25, 0.3) is 0 Å². The largest absolute Gasteiger partial charge is 0.478 e. The summed E-state index contributed by atoms with van der Waals surface area (Å²) in [7, 11) is 0. The molecule has 0 unspecified atom stereocenters. The molecule has 0 fully saturated rings. The van der Waals surface area contributed by atoms with Crippen LogP contribution in [0.1, 0.15) is 19.4 Å². The minimum atomic E-state index is -0.960. The molecule has 0 aliphatic rings. The molecule has 0 saturated carbocycles. The molecule has 0 atom stereocenters. The molecule has 1 heterocycles. The molecule has 0 saturated heterocycles. The molecule has 0 amide bonds. The van der Waals surface area contributed by atoms with Crippen molar-refractivity contribution in [2.75, 3.05) is 0 Å². The fourth-order valence-electron chi connectivity index (χ4n) is 0.900. The van der Waals surface area contributed by atoms with E-state index in [4.69, 9.17) is 5.11 Å². The Hall–Kier alpha value is -1.97. The van der Waals surface area contributed by atoms with Crippen LogP contribution in [-0.2, 0) is 4.79 Å². The van der Waals surface area contributed by atoms with Crippen LogP contribution in [0.15, 0.2) is 41.3 Å². The van der Waals surface area contributed by atoms with E-state index in [2.05, 4.69) is 9.98 Å². The summed E-state index contributed by atoms with van der Waals surface area (Å²) in [5, 5.41) is 8.62. The Morgan fingerprint density at radius 3 is 2.80 bits per heavy atom. The highest BCUT2D eigenvalue weighted by atomic mass is 16.4. The summed E-state index contributed by atoms with van der Waals surface area (Å²) in [6.07, 6.45) is 4.70. The predicted molar refractivity (Wildman–Crippen MR) is 57.8 cm³/mol. The summed E-state index contributed by atoms with van der Waals surface area (Å²) < 4.78 is 0. The van der Waals surface area contributed by atoms with Crippen LogP contribution < -0.4 is 0 Å². The van der Waals surface area contributed by atoms with Gasteiger partial charge in [-0.15, -0.1) is 0 Å². The summed E-state index contributed by atoms with van der Waals surface area (Å²) in [5.74, 6) is -0.960. The molecule has 4 nitrogen and oxygen atoms in total. The summed E-state index contributed by atoms with van der Waals surface area (Å²) in [6.45, 7) is 3.31. The summed E-state index contributed by atoms with van der Waals surface area (Å²) in [4.78, 5) is 18.5. The highest BCUT2D eigenvalue weighted by molar-refractivity contribution is 5.99. The first-order valence-corrected chi connectivity index (χ1v) is 4.46. The lowest BCUT2D eigenvalue weighted by molar-refractivity contribution is -0.132. The Balaban J connectivity index is 2.86. The van der Waals surface area contributed by atoms with E-state index in [-0.39, 0.29) is 5.57 Å². The first-order valence-electron chi connectivity index (χ1n) is 4.46. The number of carboxylic acid groups (broad SMARTS) is 1. The fourth-order valence-corrected chi connectivity index (χ4v) is 0.900. The number of pyridine rings is 1. The van der Waals surface area contributed by atoms with Gasteiger partial charge in [0.15, 0.2) is 0 Å². The SMILES string of the molecule is C/C(=C\N=C(/C)c1cccnc1)C(=O)O. The van der Waals surface area contributed by atoms with E-state index >= 15 is 0 Å². The zero-order chi connectivity index (χ0) is 11.3. The van der Waals surface area contributed by atoms with Gasteiger partial charge in [-0.05, 0) is 19.9 Å². The average Bonchev–Trinajstić information content (AvgIpc) is 2.26. The van der Waals surface area contributed by atoms with Gasteiger partial charge in [0.25, 0.3) is 0 Å². The molecular weight excluding hydrogens is 192 g/mol. The van der Waals surface area contributed by atoms with Gasteiger partial charge in [-0.3, -0.25) is 9.98 Å². The van der Waals surface area contributed by atoms with Crippen LogP contribution in [-0.4, -0.2) is 21.8 Å². The number of hydrogen-bond acceptors (Lipinski definition) is 3. The molecule has 15 heavy (non-hydrogen) atoms. The molecule has 4 heteroatoms. The molecule has 1 N–H and O–H groups in total. The number of aliphatic carboxylic acids is 1. The molecule has 0 aliphatic heterocycles. The van der Waals surface area contributed by atoms with Crippen molar-refractivity contribution in [3.63, 3.8) is 0 Å². The number of carbonyl (C=O) groups is 1. The second kappa shape index (κ2) is 5.05. The van der Waals surface area contributed by atoms with Crippen molar-refractivity contribution in [2.45, 2.75) is 13.8 Å². The number of carboxylic acids is 1. The zero-order valence-corrected chi connectivity index (χ0v) is 8.64. The lowest BCUT2D eigenvalue weighted by atomic mass is 10.2. The maximum absolute atomic E-state index is 10.5. The highest BCUT2D eigenvalue weighted by Crippen LogP contribution is 2.00. The van der Waals surface area contributed by atoms with Crippen molar-refractivity contribution in [3.05, 3.63) is 41.9 Å². The number of nitrogens with zero attached hydrogens (tertiary/aromatic N) is 2. The maximum atomic E-state index is 10.5. The Morgan fingerprint density at radius 1 is 1.53 bits per heavy atom. The fraction of sp³-hybridized carbons (Fsp3) is 0.182. The Kier molecular flexibility index (Phi) is 3.74. The highest BCUT2D eigenvalue weighted by Gasteiger charge is 1.99. The first kappa shape index (κ1) is 11.1. The van der Waals surface area contributed by atoms with Crippen LogP contribution in [0, 0.1) is 0 Å².